The zero-order valence-electron chi connectivity index (χ0n) is 8.82. The van der Waals surface area contributed by atoms with E-state index in [1.54, 1.807) is 6.07 Å². The third-order valence-corrected chi connectivity index (χ3v) is 2.90. The van der Waals surface area contributed by atoms with E-state index in [0.29, 0.717) is 11.2 Å². The first-order chi connectivity index (χ1) is 7.31. The largest absolute Gasteiger partial charge is 0.377 e. The fourth-order valence-electron chi connectivity index (χ4n) is 1.85. The first-order valence-corrected chi connectivity index (χ1v) is 5.66. The second kappa shape index (κ2) is 4.81. The molecule has 0 radical (unpaired) electrons. The number of hydrogen-bond acceptors (Lipinski definition) is 3. The van der Waals surface area contributed by atoms with Crippen molar-refractivity contribution in [2.24, 2.45) is 0 Å². The molecular weight excluding hydrogens is 212 g/mol. The Balaban J connectivity index is 2.20. The maximum Gasteiger partial charge on any atom is 0.131 e. The van der Waals surface area contributed by atoms with Crippen molar-refractivity contribution < 1.29 is 4.74 Å². The quantitative estimate of drug-likeness (QED) is 0.724. The van der Waals surface area contributed by atoms with Crippen molar-refractivity contribution in [1.82, 2.24) is 4.98 Å². The van der Waals surface area contributed by atoms with Gasteiger partial charge in [0.05, 0.1) is 19.3 Å². The van der Waals surface area contributed by atoms with E-state index in [0.717, 1.165) is 32.0 Å². The molecule has 1 saturated heterocycles. The van der Waals surface area contributed by atoms with E-state index in [2.05, 4.69) is 16.8 Å². The Labute approximate surface area is 95.0 Å². The lowest BCUT2D eigenvalue weighted by Gasteiger charge is -2.36. The van der Waals surface area contributed by atoms with Crippen LogP contribution >= 0.6 is 11.6 Å². The summed E-state index contributed by atoms with van der Waals surface area (Å²) in [5.74, 6) is 0.956. The van der Waals surface area contributed by atoms with Crippen molar-refractivity contribution in [3.63, 3.8) is 0 Å². The number of morpholine rings is 1. The van der Waals surface area contributed by atoms with Gasteiger partial charge in [-0.25, -0.2) is 4.98 Å². The number of halogens is 1. The van der Waals surface area contributed by atoms with Gasteiger partial charge in [0.25, 0.3) is 0 Å². The summed E-state index contributed by atoms with van der Waals surface area (Å²) in [4.78, 5) is 6.60. The molecule has 1 aromatic rings. The minimum Gasteiger partial charge on any atom is -0.377 e. The topological polar surface area (TPSA) is 25.4 Å². The standard InChI is InChI=1S/C11H15ClN2O/c1-2-9-8-15-7-6-14(9)11-5-3-4-10(12)13-11/h3-5,9H,2,6-8H2,1H3. The summed E-state index contributed by atoms with van der Waals surface area (Å²) >= 11 is 5.89. The van der Waals surface area contributed by atoms with Gasteiger partial charge in [0, 0.05) is 6.54 Å². The minimum absolute atomic E-state index is 0.421. The molecule has 1 unspecified atom stereocenters. The molecule has 0 bridgehead atoms. The van der Waals surface area contributed by atoms with Gasteiger partial charge in [0.1, 0.15) is 11.0 Å². The van der Waals surface area contributed by atoms with Crippen molar-refractivity contribution in [1.29, 1.82) is 0 Å². The van der Waals surface area contributed by atoms with Crippen LogP contribution < -0.4 is 4.90 Å². The molecule has 1 fully saturated rings. The number of hydrogen-bond donors (Lipinski definition) is 0. The normalized spacial score (nSPS) is 21.7. The molecule has 3 nitrogen and oxygen atoms in total. The van der Waals surface area contributed by atoms with E-state index in [-0.39, 0.29) is 0 Å². The van der Waals surface area contributed by atoms with Gasteiger partial charge in [0.15, 0.2) is 0 Å². The molecule has 2 rings (SSSR count). The van der Waals surface area contributed by atoms with Crippen LogP contribution in [0.2, 0.25) is 5.15 Å². The molecule has 15 heavy (non-hydrogen) atoms. The van der Waals surface area contributed by atoms with Crippen LogP contribution in [-0.4, -0.2) is 30.8 Å². The third kappa shape index (κ3) is 2.41. The van der Waals surface area contributed by atoms with Gasteiger partial charge < -0.3 is 9.64 Å². The Morgan fingerprint density at radius 3 is 3.20 bits per heavy atom. The maximum absolute atomic E-state index is 5.89. The highest BCUT2D eigenvalue weighted by atomic mass is 35.5. The van der Waals surface area contributed by atoms with Crippen molar-refractivity contribution in [3.8, 4) is 0 Å². The predicted molar refractivity (Wildman–Crippen MR) is 61.5 cm³/mol. The van der Waals surface area contributed by atoms with E-state index in [1.165, 1.54) is 0 Å². The smallest absolute Gasteiger partial charge is 0.131 e. The summed E-state index contributed by atoms with van der Waals surface area (Å²) in [7, 11) is 0. The molecule has 2 heterocycles. The Morgan fingerprint density at radius 2 is 2.47 bits per heavy atom. The highest BCUT2D eigenvalue weighted by Crippen LogP contribution is 2.20. The molecule has 1 aliphatic heterocycles. The van der Waals surface area contributed by atoms with Crippen molar-refractivity contribution >= 4 is 17.4 Å². The Bertz CT molecular complexity index is 332. The van der Waals surface area contributed by atoms with Crippen LogP contribution in [0.15, 0.2) is 18.2 Å². The minimum atomic E-state index is 0.421. The summed E-state index contributed by atoms with van der Waals surface area (Å²) in [6, 6.07) is 6.16. The number of aromatic nitrogens is 1. The summed E-state index contributed by atoms with van der Waals surface area (Å²) in [6.07, 6.45) is 1.06. The Hall–Kier alpha value is -0.800. The van der Waals surface area contributed by atoms with Crippen LogP contribution in [0.25, 0.3) is 0 Å². The average molecular weight is 227 g/mol. The molecule has 1 aliphatic rings. The van der Waals surface area contributed by atoms with Crippen molar-refractivity contribution in [2.45, 2.75) is 19.4 Å². The molecule has 0 N–H and O–H groups in total. The lowest BCUT2D eigenvalue weighted by Crippen LogP contribution is -2.45. The maximum atomic E-state index is 5.89. The third-order valence-electron chi connectivity index (χ3n) is 2.69. The van der Waals surface area contributed by atoms with E-state index in [9.17, 15) is 0 Å². The Morgan fingerprint density at radius 1 is 1.60 bits per heavy atom. The van der Waals surface area contributed by atoms with Gasteiger partial charge >= 0.3 is 0 Å². The van der Waals surface area contributed by atoms with Crippen LogP contribution in [0.1, 0.15) is 13.3 Å². The lowest BCUT2D eigenvalue weighted by molar-refractivity contribution is 0.0926. The van der Waals surface area contributed by atoms with Gasteiger partial charge in [0.2, 0.25) is 0 Å². The van der Waals surface area contributed by atoms with Crippen LogP contribution in [-0.2, 0) is 4.74 Å². The lowest BCUT2D eigenvalue weighted by atomic mass is 10.2. The van der Waals surface area contributed by atoms with Crippen LogP contribution in [0, 0.1) is 0 Å². The molecule has 0 spiro atoms. The van der Waals surface area contributed by atoms with E-state index in [1.807, 2.05) is 12.1 Å². The SMILES string of the molecule is CCC1COCCN1c1cccc(Cl)n1. The molecule has 4 heteroatoms. The molecule has 82 valence electrons. The summed E-state index contributed by atoms with van der Waals surface area (Å²) < 4.78 is 5.45. The zero-order chi connectivity index (χ0) is 10.7. The molecule has 0 saturated carbocycles. The summed E-state index contributed by atoms with van der Waals surface area (Å²) in [5, 5.41) is 0.550. The average Bonchev–Trinajstić information content (AvgIpc) is 2.29. The van der Waals surface area contributed by atoms with Gasteiger partial charge in [-0.15, -0.1) is 0 Å². The number of ether oxygens (including phenoxy) is 1. The van der Waals surface area contributed by atoms with Gasteiger partial charge in [-0.1, -0.05) is 24.6 Å². The number of anilines is 1. The fourth-order valence-corrected chi connectivity index (χ4v) is 2.01. The molecule has 0 aliphatic carbocycles. The van der Waals surface area contributed by atoms with Crippen LogP contribution in [0.3, 0.4) is 0 Å². The zero-order valence-corrected chi connectivity index (χ0v) is 9.57. The first kappa shape index (κ1) is 10.7. The highest BCUT2D eigenvalue weighted by molar-refractivity contribution is 6.29. The molecule has 1 aromatic heterocycles. The monoisotopic (exact) mass is 226 g/mol. The highest BCUT2D eigenvalue weighted by Gasteiger charge is 2.22. The second-order valence-corrected chi connectivity index (χ2v) is 4.04. The fraction of sp³-hybridized carbons (Fsp3) is 0.545. The van der Waals surface area contributed by atoms with E-state index in [4.69, 9.17) is 16.3 Å². The van der Waals surface area contributed by atoms with Gasteiger partial charge in [-0.2, -0.15) is 0 Å². The summed E-state index contributed by atoms with van der Waals surface area (Å²) in [6.45, 7) is 4.61. The first-order valence-electron chi connectivity index (χ1n) is 5.28. The molecule has 0 aromatic carbocycles. The molecule has 1 atom stereocenters. The van der Waals surface area contributed by atoms with Crippen molar-refractivity contribution in [3.05, 3.63) is 23.4 Å². The van der Waals surface area contributed by atoms with E-state index >= 15 is 0 Å². The number of nitrogens with zero attached hydrogens (tertiary/aromatic N) is 2. The van der Waals surface area contributed by atoms with Crippen LogP contribution in [0.4, 0.5) is 5.82 Å². The predicted octanol–water partition coefficient (Wildman–Crippen LogP) is 2.35. The van der Waals surface area contributed by atoms with Gasteiger partial charge in [-0.3, -0.25) is 0 Å². The number of pyridine rings is 1. The molecular formula is C11H15ClN2O. The second-order valence-electron chi connectivity index (χ2n) is 3.65. The van der Waals surface area contributed by atoms with E-state index < -0.39 is 0 Å². The number of rotatable bonds is 2. The molecule has 0 amide bonds. The van der Waals surface area contributed by atoms with Crippen LogP contribution in [0.5, 0.6) is 0 Å². The van der Waals surface area contributed by atoms with Crippen molar-refractivity contribution in [2.75, 3.05) is 24.7 Å². The van der Waals surface area contributed by atoms with Gasteiger partial charge in [-0.05, 0) is 18.6 Å². The summed E-state index contributed by atoms with van der Waals surface area (Å²) in [5.41, 5.74) is 0. The Kier molecular flexibility index (Phi) is 3.44.